The maximum Gasteiger partial charge on any atom is 0.186 e. The minimum absolute atomic E-state index is 0.637. The van der Waals surface area contributed by atoms with Crippen LogP contribution in [0.15, 0.2) is 28.5 Å². The minimum atomic E-state index is 0.637. The molecule has 0 saturated heterocycles. The summed E-state index contributed by atoms with van der Waals surface area (Å²) in [6, 6.07) is 8.72. The molecule has 0 bridgehead atoms. The molecule has 19 heavy (non-hydrogen) atoms. The van der Waals surface area contributed by atoms with Gasteiger partial charge in [-0.25, -0.2) is 0 Å². The van der Waals surface area contributed by atoms with Gasteiger partial charge in [-0.15, -0.1) is 23.1 Å². The van der Waals surface area contributed by atoms with Gasteiger partial charge in [-0.05, 0) is 23.8 Å². The van der Waals surface area contributed by atoms with Gasteiger partial charge in [-0.1, -0.05) is 31.2 Å². The molecule has 0 radical (unpaired) electrons. The van der Waals surface area contributed by atoms with E-state index in [9.17, 15) is 0 Å². The highest BCUT2D eigenvalue weighted by atomic mass is 32.2. The molecule has 1 aliphatic rings. The number of thioether (sulfide) groups is 1. The third-order valence-electron chi connectivity index (χ3n) is 3.18. The number of ether oxygens (including phenoxy) is 2. The van der Waals surface area contributed by atoms with Crippen LogP contribution in [0.2, 0.25) is 0 Å². The minimum Gasteiger partial charge on any atom is -0.485 e. The Balaban J connectivity index is 2.06. The average Bonchev–Trinajstić information content (AvgIpc) is 2.86. The third kappa shape index (κ3) is 2.35. The lowest BCUT2D eigenvalue weighted by Gasteiger charge is -2.16. The van der Waals surface area contributed by atoms with E-state index in [0.29, 0.717) is 13.2 Å². The van der Waals surface area contributed by atoms with E-state index in [1.165, 1.54) is 20.2 Å². The monoisotopic (exact) mass is 292 g/mol. The summed E-state index contributed by atoms with van der Waals surface area (Å²) in [6.07, 6.45) is 3.15. The van der Waals surface area contributed by atoms with E-state index >= 15 is 0 Å². The van der Waals surface area contributed by atoms with Crippen LogP contribution in [0.1, 0.15) is 12.5 Å². The van der Waals surface area contributed by atoms with Crippen molar-refractivity contribution in [3.63, 3.8) is 0 Å². The van der Waals surface area contributed by atoms with E-state index in [2.05, 4.69) is 37.4 Å². The van der Waals surface area contributed by atoms with Gasteiger partial charge in [-0.2, -0.15) is 0 Å². The van der Waals surface area contributed by atoms with Crippen molar-refractivity contribution in [2.24, 2.45) is 0 Å². The Morgan fingerprint density at radius 2 is 1.79 bits per heavy atom. The number of aryl methyl sites for hydroxylation is 1. The van der Waals surface area contributed by atoms with Crippen LogP contribution in [0.3, 0.4) is 0 Å². The Morgan fingerprint density at radius 1 is 1.11 bits per heavy atom. The normalized spacial score (nSPS) is 13.6. The molecule has 0 spiro atoms. The summed E-state index contributed by atoms with van der Waals surface area (Å²) in [6.45, 7) is 3.45. The van der Waals surface area contributed by atoms with Crippen molar-refractivity contribution in [3.8, 4) is 21.9 Å². The maximum absolute atomic E-state index is 5.82. The first kappa shape index (κ1) is 12.9. The molecule has 0 atom stereocenters. The summed E-state index contributed by atoms with van der Waals surface area (Å²) in [5, 5.41) is 0. The van der Waals surface area contributed by atoms with Crippen molar-refractivity contribution in [1.29, 1.82) is 0 Å². The fourth-order valence-corrected chi connectivity index (χ4v) is 3.99. The van der Waals surface area contributed by atoms with Crippen molar-refractivity contribution in [2.75, 3.05) is 19.5 Å². The summed E-state index contributed by atoms with van der Waals surface area (Å²) in [5.74, 6) is 1.85. The fourth-order valence-electron chi connectivity index (χ4n) is 2.14. The van der Waals surface area contributed by atoms with Crippen LogP contribution in [0.5, 0.6) is 11.5 Å². The van der Waals surface area contributed by atoms with Gasteiger partial charge in [-0.3, -0.25) is 0 Å². The fraction of sp³-hybridized carbons (Fsp3) is 0.333. The first-order chi connectivity index (χ1) is 9.33. The molecule has 2 heterocycles. The average molecular weight is 292 g/mol. The second-order valence-corrected chi connectivity index (χ2v) is 6.42. The van der Waals surface area contributed by atoms with Crippen LogP contribution in [0.25, 0.3) is 10.4 Å². The van der Waals surface area contributed by atoms with Gasteiger partial charge in [0.25, 0.3) is 0 Å². The number of fused-ring (bicyclic) bond motifs is 1. The summed E-state index contributed by atoms with van der Waals surface area (Å²) in [5.41, 5.74) is 2.57. The first-order valence-electron chi connectivity index (χ1n) is 6.39. The zero-order valence-corrected chi connectivity index (χ0v) is 12.7. The zero-order chi connectivity index (χ0) is 13.2. The van der Waals surface area contributed by atoms with Crippen LogP contribution in [0.4, 0.5) is 0 Å². The van der Waals surface area contributed by atoms with Gasteiger partial charge in [0, 0.05) is 0 Å². The van der Waals surface area contributed by atoms with E-state index in [1.54, 1.807) is 23.1 Å². The number of thiophene rings is 1. The highest BCUT2D eigenvalue weighted by Gasteiger charge is 2.24. The maximum atomic E-state index is 5.82. The molecule has 0 fully saturated rings. The summed E-state index contributed by atoms with van der Waals surface area (Å²) in [7, 11) is 0. The second kappa shape index (κ2) is 5.47. The highest BCUT2D eigenvalue weighted by molar-refractivity contribution is 8.00. The van der Waals surface area contributed by atoms with Crippen molar-refractivity contribution in [1.82, 2.24) is 0 Å². The first-order valence-corrected chi connectivity index (χ1v) is 8.43. The van der Waals surface area contributed by atoms with Crippen LogP contribution in [-0.4, -0.2) is 19.5 Å². The zero-order valence-electron chi connectivity index (χ0n) is 11.1. The molecule has 1 aromatic heterocycles. The lowest BCUT2D eigenvalue weighted by atomic mass is 10.1. The number of hydrogen-bond acceptors (Lipinski definition) is 4. The Hall–Kier alpha value is -1.13. The molecule has 0 aliphatic carbocycles. The van der Waals surface area contributed by atoms with Crippen LogP contribution in [0, 0.1) is 0 Å². The Bertz CT molecular complexity index is 573. The number of benzene rings is 1. The predicted octanol–water partition coefficient (Wildman–Crippen LogP) is 4.47. The lowest BCUT2D eigenvalue weighted by Crippen LogP contribution is -2.14. The van der Waals surface area contributed by atoms with Gasteiger partial charge in [0.2, 0.25) is 0 Å². The second-order valence-electron chi connectivity index (χ2n) is 4.33. The van der Waals surface area contributed by atoms with Gasteiger partial charge in [0.05, 0.1) is 4.88 Å². The Labute approximate surface area is 121 Å². The van der Waals surface area contributed by atoms with E-state index in [-0.39, 0.29) is 0 Å². The quantitative estimate of drug-likeness (QED) is 0.778. The molecule has 4 heteroatoms. The lowest BCUT2D eigenvalue weighted by molar-refractivity contribution is 0.170. The topological polar surface area (TPSA) is 18.5 Å². The summed E-state index contributed by atoms with van der Waals surface area (Å²) < 4.78 is 12.8. The van der Waals surface area contributed by atoms with E-state index in [1.807, 2.05) is 0 Å². The molecular formula is C15H16O2S2. The third-order valence-corrected chi connectivity index (χ3v) is 5.48. The van der Waals surface area contributed by atoms with Gasteiger partial charge in [0.1, 0.15) is 17.4 Å². The molecule has 1 aliphatic heterocycles. The van der Waals surface area contributed by atoms with Crippen molar-refractivity contribution in [2.45, 2.75) is 17.6 Å². The predicted molar refractivity (Wildman–Crippen MR) is 81.9 cm³/mol. The summed E-state index contributed by atoms with van der Waals surface area (Å²) >= 11 is 3.47. The Kier molecular flexibility index (Phi) is 3.71. The smallest absolute Gasteiger partial charge is 0.186 e. The molecule has 2 nitrogen and oxygen atoms in total. The van der Waals surface area contributed by atoms with Crippen molar-refractivity contribution < 1.29 is 9.47 Å². The van der Waals surface area contributed by atoms with Crippen LogP contribution >= 0.6 is 23.1 Å². The van der Waals surface area contributed by atoms with Gasteiger partial charge >= 0.3 is 0 Å². The van der Waals surface area contributed by atoms with E-state index in [0.717, 1.165) is 17.9 Å². The largest absolute Gasteiger partial charge is 0.485 e. The number of hydrogen-bond donors (Lipinski definition) is 0. The van der Waals surface area contributed by atoms with Crippen molar-refractivity contribution in [3.05, 3.63) is 29.8 Å². The standard InChI is InChI=1S/C15H16O2S2/c1-3-10-4-6-11(7-5-10)14-12-13(15(18-2)19-14)17-9-8-16-12/h4-7H,3,8-9H2,1-2H3. The van der Waals surface area contributed by atoms with Crippen molar-refractivity contribution >= 4 is 23.1 Å². The molecule has 100 valence electrons. The van der Waals surface area contributed by atoms with Gasteiger partial charge in [0.15, 0.2) is 11.5 Å². The van der Waals surface area contributed by atoms with E-state index in [4.69, 9.17) is 9.47 Å². The molecular weight excluding hydrogens is 276 g/mol. The molecule has 0 N–H and O–H groups in total. The molecule has 1 aromatic carbocycles. The van der Waals surface area contributed by atoms with Gasteiger partial charge < -0.3 is 9.47 Å². The molecule has 0 unspecified atom stereocenters. The number of rotatable bonds is 3. The van der Waals surface area contributed by atoms with Crippen LogP contribution in [-0.2, 0) is 6.42 Å². The highest BCUT2D eigenvalue weighted by Crippen LogP contribution is 2.52. The summed E-state index contributed by atoms with van der Waals surface area (Å²) in [4.78, 5) is 1.18. The SMILES string of the molecule is CCc1ccc(-c2sc(SC)c3c2OCCO3)cc1. The van der Waals surface area contributed by atoms with Crippen LogP contribution < -0.4 is 9.47 Å². The van der Waals surface area contributed by atoms with E-state index < -0.39 is 0 Å². The molecule has 0 saturated carbocycles. The molecule has 2 aromatic rings. The Morgan fingerprint density at radius 3 is 2.42 bits per heavy atom. The molecule has 0 amide bonds. The molecule has 3 rings (SSSR count).